The molecule has 4 nitrogen and oxygen atoms in total. The van der Waals surface area contributed by atoms with Crippen LogP contribution in [0.25, 0.3) is 0 Å². The largest absolute Gasteiger partial charge is 0.313 e. The van der Waals surface area contributed by atoms with E-state index in [-0.39, 0.29) is 6.04 Å². The minimum absolute atomic E-state index is 0.204. The van der Waals surface area contributed by atoms with Gasteiger partial charge in [0.2, 0.25) is 0 Å². The van der Waals surface area contributed by atoms with Crippen LogP contribution in [-0.4, -0.2) is 21.8 Å². The molecule has 5 heteroatoms. The minimum atomic E-state index is 0.204. The summed E-state index contributed by atoms with van der Waals surface area (Å²) in [4.78, 5) is 4.43. The number of hydrogen-bond donors (Lipinski definition) is 1. The number of nitrogens with one attached hydrogen (secondary N) is 1. The predicted octanol–water partition coefficient (Wildman–Crippen LogP) is 2.90. The van der Waals surface area contributed by atoms with E-state index in [4.69, 9.17) is 11.6 Å². The molecule has 0 spiro atoms. The van der Waals surface area contributed by atoms with Gasteiger partial charge in [0.15, 0.2) is 0 Å². The standard InChI is InChI=1S/C15H21ClN4/c1-9-6-12(7-10(2)18-9)14(17-4)8-13-11(3)19-20(5)15(13)16/h6-7,14,17H,8H2,1-5H3. The fraction of sp³-hybridized carbons (Fsp3) is 0.467. The average molecular weight is 293 g/mol. The van der Waals surface area contributed by atoms with Crippen LogP contribution in [0.2, 0.25) is 5.15 Å². The highest BCUT2D eigenvalue weighted by Gasteiger charge is 2.18. The lowest BCUT2D eigenvalue weighted by molar-refractivity contribution is 0.588. The molecule has 1 N–H and O–H groups in total. The number of likely N-dealkylation sites (N-methyl/N-ethyl adjacent to an activating group) is 1. The predicted molar refractivity (Wildman–Crippen MR) is 82.2 cm³/mol. The van der Waals surface area contributed by atoms with Gasteiger partial charge in [-0.15, -0.1) is 0 Å². The second kappa shape index (κ2) is 5.94. The van der Waals surface area contributed by atoms with Gasteiger partial charge in [-0.25, -0.2) is 0 Å². The minimum Gasteiger partial charge on any atom is -0.313 e. The zero-order chi connectivity index (χ0) is 14.9. The number of halogens is 1. The van der Waals surface area contributed by atoms with Crippen LogP contribution in [0.4, 0.5) is 0 Å². The highest BCUT2D eigenvalue weighted by atomic mass is 35.5. The Hall–Kier alpha value is -1.39. The third-order valence-corrected chi connectivity index (χ3v) is 4.01. The molecule has 2 rings (SSSR count). The van der Waals surface area contributed by atoms with Gasteiger partial charge in [-0.05, 0) is 51.9 Å². The maximum atomic E-state index is 6.33. The Bertz CT molecular complexity index is 598. The Morgan fingerprint density at radius 3 is 2.30 bits per heavy atom. The highest BCUT2D eigenvalue weighted by molar-refractivity contribution is 6.30. The zero-order valence-electron chi connectivity index (χ0n) is 12.7. The summed E-state index contributed by atoms with van der Waals surface area (Å²) in [6.45, 7) is 6.04. The summed E-state index contributed by atoms with van der Waals surface area (Å²) in [6, 6.07) is 4.44. The highest BCUT2D eigenvalue weighted by Crippen LogP contribution is 2.26. The number of hydrogen-bond acceptors (Lipinski definition) is 3. The molecular formula is C15H21ClN4. The molecule has 2 heterocycles. The molecule has 0 aliphatic rings. The van der Waals surface area contributed by atoms with Gasteiger partial charge in [-0.2, -0.15) is 5.10 Å². The van der Waals surface area contributed by atoms with Crippen molar-refractivity contribution in [1.82, 2.24) is 20.1 Å². The Labute approximate surface area is 125 Å². The lowest BCUT2D eigenvalue weighted by Crippen LogP contribution is -2.19. The van der Waals surface area contributed by atoms with Crippen LogP contribution in [0.5, 0.6) is 0 Å². The van der Waals surface area contributed by atoms with Gasteiger partial charge in [0, 0.05) is 30.0 Å². The first-order chi connectivity index (χ1) is 9.42. The van der Waals surface area contributed by atoms with Crippen molar-refractivity contribution in [1.29, 1.82) is 0 Å². The van der Waals surface area contributed by atoms with E-state index >= 15 is 0 Å². The number of nitrogens with zero attached hydrogens (tertiary/aromatic N) is 3. The smallest absolute Gasteiger partial charge is 0.130 e. The number of pyridine rings is 1. The average Bonchev–Trinajstić information content (AvgIpc) is 2.60. The summed E-state index contributed by atoms with van der Waals surface area (Å²) < 4.78 is 1.72. The van der Waals surface area contributed by atoms with Crippen LogP contribution in [-0.2, 0) is 13.5 Å². The van der Waals surface area contributed by atoms with Crippen molar-refractivity contribution in [3.8, 4) is 0 Å². The van der Waals surface area contributed by atoms with Crippen molar-refractivity contribution in [2.24, 2.45) is 7.05 Å². The summed E-state index contributed by atoms with van der Waals surface area (Å²) in [5.41, 5.74) is 5.39. The van der Waals surface area contributed by atoms with E-state index in [0.717, 1.165) is 29.1 Å². The number of rotatable bonds is 4. The van der Waals surface area contributed by atoms with Gasteiger partial charge in [0.05, 0.1) is 5.69 Å². The van der Waals surface area contributed by atoms with Crippen LogP contribution in [0.15, 0.2) is 12.1 Å². The SMILES string of the molecule is CNC(Cc1c(C)nn(C)c1Cl)c1cc(C)nc(C)c1. The van der Waals surface area contributed by atoms with E-state index < -0.39 is 0 Å². The number of aromatic nitrogens is 3. The molecule has 20 heavy (non-hydrogen) atoms. The summed E-state index contributed by atoms with van der Waals surface area (Å²) in [7, 11) is 3.84. The van der Waals surface area contributed by atoms with E-state index in [1.807, 2.05) is 34.9 Å². The molecule has 2 aromatic heterocycles. The van der Waals surface area contributed by atoms with Gasteiger partial charge in [-0.3, -0.25) is 9.67 Å². The molecule has 0 bridgehead atoms. The van der Waals surface area contributed by atoms with Crippen molar-refractivity contribution in [2.75, 3.05) is 7.05 Å². The molecule has 0 aromatic carbocycles. The maximum Gasteiger partial charge on any atom is 0.130 e. The summed E-state index contributed by atoms with van der Waals surface area (Å²) >= 11 is 6.33. The fourth-order valence-corrected chi connectivity index (χ4v) is 2.82. The van der Waals surface area contributed by atoms with Gasteiger partial charge < -0.3 is 5.32 Å². The first-order valence-electron chi connectivity index (χ1n) is 6.72. The van der Waals surface area contributed by atoms with Crippen molar-refractivity contribution in [2.45, 2.75) is 33.2 Å². The Morgan fingerprint density at radius 2 is 1.85 bits per heavy atom. The lowest BCUT2D eigenvalue weighted by atomic mass is 9.99. The quantitative estimate of drug-likeness (QED) is 0.942. The maximum absolute atomic E-state index is 6.33. The van der Waals surface area contributed by atoms with Crippen molar-refractivity contribution in [3.05, 3.63) is 45.5 Å². The summed E-state index contributed by atoms with van der Waals surface area (Å²) in [5.74, 6) is 0. The third kappa shape index (κ3) is 3.02. The Morgan fingerprint density at radius 1 is 1.25 bits per heavy atom. The molecular weight excluding hydrogens is 272 g/mol. The molecule has 0 radical (unpaired) electrons. The van der Waals surface area contributed by atoms with Crippen LogP contribution >= 0.6 is 11.6 Å². The topological polar surface area (TPSA) is 42.7 Å². The third-order valence-electron chi connectivity index (χ3n) is 3.53. The van der Waals surface area contributed by atoms with E-state index in [2.05, 4.69) is 27.5 Å². The van der Waals surface area contributed by atoms with Crippen molar-refractivity contribution >= 4 is 11.6 Å². The molecule has 1 unspecified atom stereocenters. The zero-order valence-corrected chi connectivity index (χ0v) is 13.4. The van der Waals surface area contributed by atoms with Crippen LogP contribution in [0.1, 0.15) is 34.3 Å². The second-order valence-corrected chi connectivity index (χ2v) is 5.57. The molecule has 0 saturated carbocycles. The van der Waals surface area contributed by atoms with Crippen LogP contribution in [0.3, 0.4) is 0 Å². The summed E-state index contributed by atoms with van der Waals surface area (Å²) in [5, 5.41) is 8.45. The monoisotopic (exact) mass is 292 g/mol. The van der Waals surface area contributed by atoms with Gasteiger partial charge in [0.1, 0.15) is 5.15 Å². The van der Waals surface area contributed by atoms with Crippen molar-refractivity contribution in [3.63, 3.8) is 0 Å². The van der Waals surface area contributed by atoms with Crippen LogP contribution in [0, 0.1) is 20.8 Å². The molecule has 1 atom stereocenters. The van der Waals surface area contributed by atoms with E-state index in [1.54, 1.807) is 4.68 Å². The lowest BCUT2D eigenvalue weighted by Gasteiger charge is -2.17. The van der Waals surface area contributed by atoms with Crippen molar-refractivity contribution < 1.29 is 0 Å². The molecule has 0 saturated heterocycles. The Balaban J connectivity index is 2.33. The van der Waals surface area contributed by atoms with E-state index in [1.165, 1.54) is 5.56 Å². The first-order valence-corrected chi connectivity index (χ1v) is 7.10. The van der Waals surface area contributed by atoms with Crippen LogP contribution < -0.4 is 5.32 Å². The molecule has 0 aliphatic carbocycles. The number of aryl methyl sites for hydroxylation is 4. The molecule has 0 fully saturated rings. The molecule has 108 valence electrons. The molecule has 2 aromatic rings. The van der Waals surface area contributed by atoms with E-state index in [0.29, 0.717) is 5.15 Å². The molecule has 0 aliphatic heterocycles. The second-order valence-electron chi connectivity index (χ2n) is 5.21. The van der Waals surface area contributed by atoms with E-state index in [9.17, 15) is 0 Å². The normalized spacial score (nSPS) is 12.7. The first kappa shape index (κ1) is 15.0. The summed E-state index contributed by atoms with van der Waals surface area (Å²) in [6.07, 6.45) is 0.817. The van der Waals surface area contributed by atoms with Gasteiger partial charge in [-0.1, -0.05) is 11.6 Å². The van der Waals surface area contributed by atoms with Gasteiger partial charge >= 0.3 is 0 Å². The Kier molecular flexibility index (Phi) is 4.45. The molecule has 0 amide bonds. The fourth-order valence-electron chi connectivity index (χ4n) is 2.56. The van der Waals surface area contributed by atoms with Gasteiger partial charge in [0.25, 0.3) is 0 Å².